The second-order valence-corrected chi connectivity index (χ2v) is 14.2. The third-order valence-electron chi connectivity index (χ3n) is 8.65. The fourth-order valence-corrected chi connectivity index (χ4v) is 5.96. The minimum absolute atomic E-state index is 0.234. The zero-order chi connectivity index (χ0) is 35.0. The van der Waals surface area contributed by atoms with Gasteiger partial charge in [0, 0.05) is 18.2 Å². The van der Waals surface area contributed by atoms with Crippen molar-refractivity contribution in [1.29, 1.82) is 0 Å². The number of amides is 3. The summed E-state index contributed by atoms with van der Waals surface area (Å²) in [6.45, 7) is 15.6. The number of nitrogens with one attached hydrogen (secondary N) is 2. The van der Waals surface area contributed by atoms with E-state index in [2.05, 4.69) is 24.5 Å². The molecule has 0 saturated heterocycles. The van der Waals surface area contributed by atoms with Crippen LogP contribution in [-0.4, -0.2) is 40.5 Å². The fourth-order valence-electron chi connectivity index (χ4n) is 5.96. The Morgan fingerprint density at radius 3 is 2.12 bits per heavy atom. The Morgan fingerprint density at radius 2 is 1.46 bits per heavy atom. The molecule has 3 unspecified atom stereocenters. The van der Waals surface area contributed by atoms with Crippen LogP contribution in [0.4, 0.5) is 10.5 Å². The summed E-state index contributed by atoms with van der Waals surface area (Å²) in [7, 11) is 0. The molecular weight excluding hydrogens is 598 g/mol. The van der Waals surface area contributed by atoms with Gasteiger partial charge in [-0.1, -0.05) is 92.7 Å². The van der Waals surface area contributed by atoms with E-state index in [9.17, 15) is 9.59 Å². The van der Waals surface area contributed by atoms with Gasteiger partial charge in [-0.05, 0) is 105 Å². The number of rotatable bonds is 12. The quantitative estimate of drug-likeness (QED) is 0.160. The smallest absolute Gasteiger partial charge is 0.408 e. The molecule has 7 heteroatoms. The number of hydrogen-bond acceptors (Lipinski definition) is 4. The van der Waals surface area contributed by atoms with Gasteiger partial charge in [0.15, 0.2) is 0 Å². The van der Waals surface area contributed by atoms with Gasteiger partial charge in [0.2, 0.25) is 5.91 Å². The highest BCUT2D eigenvalue weighted by Crippen LogP contribution is 2.32. The summed E-state index contributed by atoms with van der Waals surface area (Å²) in [5.74, 6) is -0.269. The van der Waals surface area contributed by atoms with E-state index >= 15 is 4.79 Å². The predicted molar refractivity (Wildman–Crippen MR) is 195 cm³/mol. The van der Waals surface area contributed by atoms with Crippen LogP contribution < -0.4 is 10.6 Å². The normalized spacial score (nSPS) is 13.4. The summed E-state index contributed by atoms with van der Waals surface area (Å²) < 4.78 is 5.62. The van der Waals surface area contributed by atoms with Gasteiger partial charge in [0.25, 0.3) is 5.91 Å². The van der Waals surface area contributed by atoms with Gasteiger partial charge in [-0.15, -0.1) is 0 Å². The Balaban J connectivity index is 1.83. The van der Waals surface area contributed by atoms with Gasteiger partial charge in [0.05, 0.1) is 0 Å². The minimum atomic E-state index is -0.982. The number of fused-ring (bicyclic) bond motifs is 1. The molecule has 48 heavy (non-hydrogen) atoms. The molecule has 4 aromatic carbocycles. The van der Waals surface area contributed by atoms with E-state index in [1.165, 1.54) is 0 Å². The zero-order valence-electron chi connectivity index (χ0n) is 29.7. The maximum absolute atomic E-state index is 15.1. The molecule has 0 bridgehead atoms. The van der Waals surface area contributed by atoms with Crippen molar-refractivity contribution in [3.05, 3.63) is 113 Å². The zero-order valence-corrected chi connectivity index (χ0v) is 29.7. The first-order chi connectivity index (χ1) is 22.7. The standard InChI is InChI=1S/C41H51N3O4/c1-27(2)21-22-29(4)44(39(46)36(25-31-16-10-9-11-17-31)43-40(47)48-41(6,7)8)37(35-20-14-15-28(3)30(35)5)38(45)42-34-24-23-32-18-12-13-19-33(32)26-34/h9-20,23-24,26-27,29,36-37H,21-22,25H2,1-8H3,(H,42,45)(H,43,47). The molecule has 3 amide bonds. The summed E-state index contributed by atoms with van der Waals surface area (Å²) in [6.07, 6.45) is 1.09. The van der Waals surface area contributed by atoms with Crippen LogP contribution in [0.15, 0.2) is 91.0 Å². The molecule has 4 aromatic rings. The molecule has 254 valence electrons. The van der Waals surface area contributed by atoms with Crippen LogP contribution in [0.1, 0.15) is 82.7 Å². The number of carbonyl (C=O) groups excluding carboxylic acids is 3. The minimum Gasteiger partial charge on any atom is -0.444 e. The first-order valence-corrected chi connectivity index (χ1v) is 16.9. The van der Waals surface area contributed by atoms with Crippen molar-refractivity contribution in [1.82, 2.24) is 10.2 Å². The topological polar surface area (TPSA) is 87.7 Å². The lowest BCUT2D eigenvalue weighted by Gasteiger charge is -2.39. The highest BCUT2D eigenvalue weighted by Gasteiger charge is 2.39. The number of hydrogen-bond donors (Lipinski definition) is 2. The average molecular weight is 650 g/mol. The van der Waals surface area contributed by atoms with E-state index < -0.39 is 23.8 Å². The molecule has 0 aliphatic carbocycles. The molecule has 4 rings (SSSR count). The molecular formula is C41H51N3O4. The lowest BCUT2D eigenvalue weighted by atomic mass is 9.92. The Morgan fingerprint density at radius 1 is 0.792 bits per heavy atom. The van der Waals surface area contributed by atoms with Crippen LogP contribution in [-0.2, 0) is 20.7 Å². The van der Waals surface area contributed by atoms with E-state index in [1.807, 2.05) is 112 Å². The second kappa shape index (κ2) is 16.0. The maximum atomic E-state index is 15.1. The summed E-state index contributed by atoms with van der Waals surface area (Å²) in [4.78, 5) is 44.6. The van der Waals surface area contributed by atoms with Gasteiger partial charge in [-0.25, -0.2) is 4.79 Å². The van der Waals surface area contributed by atoms with Crippen molar-refractivity contribution < 1.29 is 19.1 Å². The van der Waals surface area contributed by atoms with Gasteiger partial charge in [0.1, 0.15) is 17.7 Å². The van der Waals surface area contributed by atoms with Gasteiger partial charge in [-0.3, -0.25) is 9.59 Å². The molecule has 0 heterocycles. The van der Waals surface area contributed by atoms with E-state index in [0.29, 0.717) is 18.0 Å². The number of ether oxygens (including phenoxy) is 1. The lowest BCUT2D eigenvalue weighted by Crippen LogP contribution is -2.55. The van der Waals surface area contributed by atoms with Crippen molar-refractivity contribution in [3.63, 3.8) is 0 Å². The summed E-state index contributed by atoms with van der Waals surface area (Å²) in [5.41, 5.74) is 3.47. The maximum Gasteiger partial charge on any atom is 0.408 e. The molecule has 3 atom stereocenters. The molecule has 0 fully saturated rings. The number of nitrogens with zero attached hydrogens (tertiary/aromatic N) is 1. The first kappa shape index (κ1) is 36.2. The summed E-state index contributed by atoms with van der Waals surface area (Å²) >= 11 is 0. The molecule has 0 saturated carbocycles. The van der Waals surface area contributed by atoms with Gasteiger partial charge < -0.3 is 20.3 Å². The molecule has 0 aliphatic heterocycles. The van der Waals surface area contributed by atoms with E-state index in [0.717, 1.165) is 39.4 Å². The van der Waals surface area contributed by atoms with Crippen LogP contribution in [0.2, 0.25) is 0 Å². The first-order valence-electron chi connectivity index (χ1n) is 16.9. The monoisotopic (exact) mass is 649 g/mol. The van der Waals surface area contributed by atoms with Crippen molar-refractivity contribution in [2.45, 2.75) is 98.4 Å². The van der Waals surface area contributed by atoms with Crippen LogP contribution in [0.5, 0.6) is 0 Å². The van der Waals surface area contributed by atoms with Gasteiger partial charge >= 0.3 is 6.09 Å². The number of carbonyl (C=O) groups is 3. The SMILES string of the molecule is Cc1cccc(C(C(=O)Nc2ccc3ccccc3c2)N(C(=O)C(Cc2ccccc2)NC(=O)OC(C)(C)C)C(C)CCC(C)C)c1C. The Bertz CT molecular complexity index is 1710. The van der Waals surface area contributed by atoms with Crippen molar-refractivity contribution >= 4 is 34.4 Å². The number of anilines is 1. The Labute approximate surface area is 286 Å². The molecule has 0 aliphatic rings. The third kappa shape index (κ3) is 9.69. The average Bonchev–Trinajstić information content (AvgIpc) is 3.03. The van der Waals surface area contributed by atoms with Crippen molar-refractivity contribution in [3.8, 4) is 0 Å². The van der Waals surface area contributed by atoms with E-state index in [1.54, 1.807) is 25.7 Å². The van der Waals surface area contributed by atoms with Crippen LogP contribution in [0.25, 0.3) is 10.8 Å². The van der Waals surface area contributed by atoms with Crippen LogP contribution in [0, 0.1) is 19.8 Å². The van der Waals surface area contributed by atoms with Crippen LogP contribution in [0.3, 0.4) is 0 Å². The molecule has 7 nitrogen and oxygen atoms in total. The second-order valence-electron chi connectivity index (χ2n) is 14.2. The molecule has 0 radical (unpaired) electrons. The number of alkyl carbamates (subject to hydrolysis) is 1. The highest BCUT2D eigenvalue weighted by molar-refractivity contribution is 6.00. The van der Waals surface area contributed by atoms with Crippen LogP contribution >= 0.6 is 0 Å². The predicted octanol–water partition coefficient (Wildman–Crippen LogP) is 8.93. The van der Waals surface area contributed by atoms with Crippen molar-refractivity contribution in [2.75, 3.05) is 5.32 Å². The van der Waals surface area contributed by atoms with E-state index in [4.69, 9.17) is 4.74 Å². The summed E-state index contributed by atoms with van der Waals surface area (Å²) in [6, 6.07) is 27.0. The third-order valence-corrected chi connectivity index (χ3v) is 8.65. The van der Waals surface area contributed by atoms with Crippen molar-refractivity contribution in [2.24, 2.45) is 5.92 Å². The fraction of sp³-hybridized carbons (Fsp3) is 0.390. The summed E-state index contributed by atoms with van der Waals surface area (Å²) in [5, 5.41) is 8.10. The number of aryl methyl sites for hydroxylation is 1. The number of benzene rings is 4. The molecule has 2 N–H and O–H groups in total. The Kier molecular flexibility index (Phi) is 12.0. The van der Waals surface area contributed by atoms with E-state index in [-0.39, 0.29) is 24.3 Å². The highest BCUT2D eigenvalue weighted by atomic mass is 16.6. The Hall–Kier alpha value is -4.65. The van der Waals surface area contributed by atoms with Gasteiger partial charge in [-0.2, -0.15) is 0 Å². The lowest BCUT2D eigenvalue weighted by molar-refractivity contribution is -0.143. The molecule has 0 aromatic heterocycles. The molecule has 0 spiro atoms. The largest absolute Gasteiger partial charge is 0.444 e.